The van der Waals surface area contributed by atoms with Gasteiger partial charge in [-0.05, 0) is 65.3 Å². The van der Waals surface area contributed by atoms with Crippen LogP contribution in [0.25, 0.3) is 0 Å². The van der Waals surface area contributed by atoms with Crippen molar-refractivity contribution in [3.05, 3.63) is 39.8 Å². The molecule has 0 aliphatic rings. The molecule has 31 heavy (non-hydrogen) atoms. The number of methoxy groups -OCH3 is 1. The van der Waals surface area contributed by atoms with Gasteiger partial charge in [0.05, 0.1) is 19.3 Å². The normalized spacial score (nSPS) is 11.8. The van der Waals surface area contributed by atoms with E-state index in [0.29, 0.717) is 10.6 Å². The number of carbonyl (C=O) groups excluding carboxylic acids is 2. The third-order valence-corrected chi connectivity index (χ3v) is 7.15. The molecule has 0 atom stereocenters. The molecular weight excluding hydrogens is 440 g/mol. The molecule has 0 saturated heterocycles. The van der Waals surface area contributed by atoms with Crippen LogP contribution in [0.3, 0.4) is 0 Å². The van der Waals surface area contributed by atoms with Crippen molar-refractivity contribution in [3.8, 4) is 5.75 Å². The van der Waals surface area contributed by atoms with Crippen molar-refractivity contribution >= 4 is 38.2 Å². The SMILES string of the molecule is CCOC(=O)c1c(NC(=O)c2ccc(OC)c(S(=O)(=O)NC(C)(C)C)c2)sc(C)c1C. The Kier molecular flexibility index (Phi) is 7.51. The Bertz CT molecular complexity index is 1100. The lowest BCUT2D eigenvalue weighted by atomic mass is 10.1. The van der Waals surface area contributed by atoms with E-state index in [1.54, 1.807) is 34.6 Å². The smallest absolute Gasteiger partial charge is 0.341 e. The van der Waals surface area contributed by atoms with Gasteiger partial charge in [-0.25, -0.2) is 17.9 Å². The number of sulfonamides is 1. The third-order valence-electron chi connectivity index (χ3n) is 4.25. The van der Waals surface area contributed by atoms with Crippen LogP contribution in [0.15, 0.2) is 23.1 Å². The van der Waals surface area contributed by atoms with Crippen molar-refractivity contribution in [2.45, 2.75) is 52.0 Å². The summed E-state index contributed by atoms with van der Waals surface area (Å²) in [6.07, 6.45) is 0. The minimum absolute atomic E-state index is 0.105. The number of hydrogen-bond acceptors (Lipinski definition) is 7. The van der Waals surface area contributed by atoms with Crippen molar-refractivity contribution in [1.29, 1.82) is 0 Å². The summed E-state index contributed by atoms with van der Waals surface area (Å²) in [6.45, 7) is 10.7. The molecule has 0 spiro atoms. The van der Waals surface area contributed by atoms with Crippen LogP contribution in [0.1, 0.15) is 58.9 Å². The average molecular weight is 469 g/mol. The van der Waals surface area contributed by atoms with Gasteiger partial charge in [0.2, 0.25) is 10.0 Å². The van der Waals surface area contributed by atoms with E-state index in [1.807, 2.05) is 6.92 Å². The van der Waals surface area contributed by atoms with Gasteiger partial charge in [0.15, 0.2) is 0 Å². The Hall–Kier alpha value is -2.43. The maximum absolute atomic E-state index is 12.9. The molecule has 170 valence electrons. The van der Waals surface area contributed by atoms with Gasteiger partial charge >= 0.3 is 5.97 Å². The highest BCUT2D eigenvalue weighted by atomic mass is 32.2. The zero-order valence-corrected chi connectivity index (χ0v) is 20.3. The molecule has 2 rings (SSSR count). The molecule has 0 fully saturated rings. The number of hydrogen-bond donors (Lipinski definition) is 2. The zero-order valence-electron chi connectivity index (χ0n) is 18.7. The van der Waals surface area contributed by atoms with E-state index in [9.17, 15) is 18.0 Å². The summed E-state index contributed by atoms with van der Waals surface area (Å²) in [7, 11) is -2.59. The molecule has 2 aromatic rings. The van der Waals surface area contributed by atoms with E-state index in [4.69, 9.17) is 9.47 Å². The first-order chi connectivity index (χ1) is 14.3. The van der Waals surface area contributed by atoms with Crippen LogP contribution in [0.2, 0.25) is 0 Å². The summed E-state index contributed by atoms with van der Waals surface area (Å²) in [5, 5.41) is 3.07. The summed E-state index contributed by atoms with van der Waals surface area (Å²) in [4.78, 5) is 26.0. The fourth-order valence-corrected chi connectivity index (χ4v) is 5.48. The molecule has 0 saturated carbocycles. The molecule has 0 aliphatic carbocycles. The van der Waals surface area contributed by atoms with Crippen LogP contribution in [-0.2, 0) is 14.8 Å². The van der Waals surface area contributed by atoms with Gasteiger partial charge in [0, 0.05) is 16.0 Å². The van der Waals surface area contributed by atoms with E-state index < -0.39 is 27.4 Å². The molecule has 0 unspecified atom stereocenters. The maximum atomic E-state index is 12.9. The number of rotatable bonds is 7. The van der Waals surface area contributed by atoms with Crippen LogP contribution >= 0.6 is 11.3 Å². The number of thiophene rings is 1. The Morgan fingerprint density at radius 3 is 2.35 bits per heavy atom. The number of nitrogens with one attached hydrogen (secondary N) is 2. The first-order valence-electron chi connectivity index (χ1n) is 9.61. The Morgan fingerprint density at radius 2 is 1.81 bits per heavy atom. The maximum Gasteiger partial charge on any atom is 0.341 e. The van der Waals surface area contributed by atoms with Crippen LogP contribution in [0.4, 0.5) is 5.00 Å². The fraction of sp³-hybridized carbons (Fsp3) is 0.429. The quantitative estimate of drug-likeness (QED) is 0.597. The van der Waals surface area contributed by atoms with Gasteiger partial charge in [0.25, 0.3) is 5.91 Å². The fourth-order valence-electron chi connectivity index (χ4n) is 2.83. The molecule has 0 radical (unpaired) electrons. The molecule has 1 aromatic carbocycles. The van der Waals surface area contributed by atoms with Gasteiger partial charge < -0.3 is 14.8 Å². The summed E-state index contributed by atoms with van der Waals surface area (Å²) in [5.74, 6) is -0.961. The Morgan fingerprint density at radius 1 is 1.16 bits per heavy atom. The number of esters is 1. The number of carbonyl (C=O) groups is 2. The highest BCUT2D eigenvalue weighted by Gasteiger charge is 2.27. The average Bonchev–Trinajstić information content (AvgIpc) is 2.92. The number of ether oxygens (including phenoxy) is 2. The lowest BCUT2D eigenvalue weighted by molar-refractivity contribution is 0.0527. The van der Waals surface area contributed by atoms with Crippen LogP contribution in [0.5, 0.6) is 5.75 Å². The lowest BCUT2D eigenvalue weighted by Crippen LogP contribution is -2.40. The molecule has 1 amide bonds. The van der Waals surface area contributed by atoms with Crippen LogP contribution < -0.4 is 14.8 Å². The minimum atomic E-state index is -3.95. The molecule has 8 nitrogen and oxygen atoms in total. The predicted octanol–water partition coefficient (Wildman–Crippen LogP) is 3.88. The summed E-state index contributed by atoms with van der Waals surface area (Å²) < 4.78 is 38.5. The van der Waals surface area contributed by atoms with Gasteiger partial charge in [-0.2, -0.15) is 0 Å². The zero-order chi connectivity index (χ0) is 23.6. The number of amides is 1. The van der Waals surface area contributed by atoms with Crippen molar-refractivity contribution in [1.82, 2.24) is 4.72 Å². The summed E-state index contributed by atoms with van der Waals surface area (Å²) >= 11 is 1.26. The largest absolute Gasteiger partial charge is 0.495 e. The number of benzene rings is 1. The number of aryl methyl sites for hydroxylation is 1. The molecule has 0 aliphatic heterocycles. The molecule has 1 heterocycles. The van der Waals surface area contributed by atoms with E-state index in [1.165, 1.54) is 36.6 Å². The topological polar surface area (TPSA) is 111 Å². The minimum Gasteiger partial charge on any atom is -0.495 e. The second-order valence-electron chi connectivity index (χ2n) is 7.88. The Labute approximate surface area is 187 Å². The van der Waals surface area contributed by atoms with E-state index in [-0.39, 0.29) is 22.8 Å². The van der Waals surface area contributed by atoms with Crippen LogP contribution in [-0.4, -0.2) is 39.5 Å². The van der Waals surface area contributed by atoms with Crippen molar-refractivity contribution in [3.63, 3.8) is 0 Å². The second-order valence-corrected chi connectivity index (χ2v) is 10.8. The number of anilines is 1. The molecule has 0 bridgehead atoms. The third kappa shape index (κ3) is 5.84. The summed E-state index contributed by atoms with van der Waals surface area (Å²) in [5.41, 5.74) is 0.413. The summed E-state index contributed by atoms with van der Waals surface area (Å²) in [6, 6.07) is 4.13. The monoisotopic (exact) mass is 468 g/mol. The first-order valence-corrected chi connectivity index (χ1v) is 11.9. The highest BCUT2D eigenvalue weighted by molar-refractivity contribution is 7.89. The van der Waals surface area contributed by atoms with Gasteiger partial charge in [0.1, 0.15) is 15.6 Å². The molecule has 2 N–H and O–H groups in total. The van der Waals surface area contributed by atoms with Crippen LogP contribution in [0, 0.1) is 13.8 Å². The highest BCUT2D eigenvalue weighted by Crippen LogP contribution is 2.34. The van der Waals surface area contributed by atoms with Gasteiger partial charge in [-0.15, -0.1) is 11.3 Å². The Balaban J connectivity index is 2.45. The van der Waals surface area contributed by atoms with Gasteiger partial charge in [-0.3, -0.25) is 4.79 Å². The predicted molar refractivity (Wildman–Crippen MR) is 121 cm³/mol. The molecular formula is C21H28N2O6S2. The van der Waals surface area contributed by atoms with E-state index in [0.717, 1.165) is 10.4 Å². The molecule has 10 heteroatoms. The van der Waals surface area contributed by atoms with Gasteiger partial charge in [-0.1, -0.05) is 0 Å². The standard InChI is InChI=1S/C21H28N2O6S2/c1-8-29-20(25)17-12(2)13(3)30-19(17)22-18(24)14-9-10-15(28-7)16(11-14)31(26,27)23-21(4,5)6/h9-11,23H,8H2,1-7H3,(H,22,24). The van der Waals surface area contributed by atoms with Crippen molar-refractivity contribution in [2.24, 2.45) is 0 Å². The second kappa shape index (κ2) is 9.37. The first kappa shape index (κ1) is 24.8. The lowest BCUT2D eigenvalue weighted by Gasteiger charge is -2.21. The van der Waals surface area contributed by atoms with E-state index in [2.05, 4.69) is 10.0 Å². The van der Waals surface area contributed by atoms with Crippen molar-refractivity contribution in [2.75, 3.05) is 19.0 Å². The molecule has 1 aromatic heterocycles. The van der Waals surface area contributed by atoms with E-state index >= 15 is 0 Å². The van der Waals surface area contributed by atoms with Crippen molar-refractivity contribution < 1.29 is 27.5 Å².